The maximum atomic E-state index is 6.54. The van der Waals surface area contributed by atoms with Gasteiger partial charge in [-0.1, -0.05) is 143 Å². The van der Waals surface area contributed by atoms with Gasteiger partial charge in [0.15, 0.2) is 0 Å². The van der Waals surface area contributed by atoms with Crippen molar-refractivity contribution in [2.75, 3.05) is 6.61 Å². The molecule has 0 aromatic heterocycles. The molecule has 4 aliphatic rings. The van der Waals surface area contributed by atoms with Crippen LogP contribution < -0.4 is 0 Å². The third kappa shape index (κ3) is 8.69. The highest BCUT2D eigenvalue weighted by Gasteiger charge is 2.59. The first-order chi connectivity index (χ1) is 20.3. The van der Waals surface area contributed by atoms with E-state index in [1.165, 1.54) is 148 Å². The fraction of sp³-hybridized carbons (Fsp3) is 0.951. The van der Waals surface area contributed by atoms with Crippen LogP contribution in [0, 0.1) is 46.3 Å². The summed E-state index contributed by atoms with van der Waals surface area (Å²) in [6.45, 7) is 16.1. The van der Waals surface area contributed by atoms with Gasteiger partial charge in [-0.15, -0.1) is 0 Å². The molecular weight excluding hydrogens is 508 g/mol. The molecule has 0 N–H and O–H groups in total. The van der Waals surface area contributed by atoms with Crippen molar-refractivity contribution in [1.29, 1.82) is 0 Å². The zero-order valence-corrected chi connectivity index (χ0v) is 29.5. The highest BCUT2D eigenvalue weighted by molar-refractivity contribution is 5.25. The van der Waals surface area contributed by atoms with Gasteiger partial charge in [-0.2, -0.15) is 0 Å². The molecule has 0 amide bonds. The molecule has 244 valence electrons. The van der Waals surface area contributed by atoms with Crippen molar-refractivity contribution in [3.63, 3.8) is 0 Å². The van der Waals surface area contributed by atoms with E-state index in [2.05, 4.69) is 47.6 Å². The lowest BCUT2D eigenvalue weighted by molar-refractivity contribution is -0.0641. The van der Waals surface area contributed by atoms with E-state index < -0.39 is 0 Å². The largest absolute Gasteiger partial charge is 0.378 e. The molecule has 4 rings (SSSR count). The molecule has 0 aromatic rings. The van der Waals surface area contributed by atoms with E-state index in [4.69, 9.17) is 4.74 Å². The molecule has 0 aromatic carbocycles. The second-order valence-electron chi connectivity index (χ2n) is 16.9. The van der Waals surface area contributed by atoms with Gasteiger partial charge < -0.3 is 4.74 Å². The fourth-order valence-corrected chi connectivity index (χ4v) is 11.0. The first kappa shape index (κ1) is 34.6. The standard InChI is InChI=1S/C41H74O/c1-7-8-9-10-11-12-13-14-15-16-17-18-30-42-35-26-28-40(5)34(31-35)22-23-36-38-25-24-37(33(4)21-19-20-32(2)3)41(38,6)29-27-39(36)40/h22,32-33,35-39H,7-21,23-31H2,1-6H3/t33-,35-,36+,37-,38+,39+,40+,41-/m1/s1. The summed E-state index contributed by atoms with van der Waals surface area (Å²) in [4.78, 5) is 0. The van der Waals surface area contributed by atoms with Crippen LogP contribution in [0.25, 0.3) is 0 Å². The van der Waals surface area contributed by atoms with Crippen LogP contribution >= 0.6 is 0 Å². The number of fused-ring (bicyclic) bond motifs is 5. The Bertz CT molecular complexity index is 797. The van der Waals surface area contributed by atoms with Crippen LogP contribution in [0.5, 0.6) is 0 Å². The first-order valence-electron chi connectivity index (χ1n) is 19.6. The molecule has 42 heavy (non-hydrogen) atoms. The van der Waals surface area contributed by atoms with Gasteiger partial charge in [-0.3, -0.25) is 0 Å². The number of hydrogen-bond donors (Lipinski definition) is 0. The SMILES string of the molecule is CCCCCCCCCCCCCCO[C@@H]1CC[C@@]2(C)C(=CC[C@H]3[C@@H]4CC[C@H]([C@H](C)CCCC(C)C)[C@@]4(C)CC[C@@H]32)C1. The normalized spacial score (nSPS) is 35.0. The van der Waals surface area contributed by atoms with Crippen molar-refractivity contribution in [3.05, 3.63) is 11.6 Å². The Balaban J connectivity index is 1.16. The van der Waals surface area contributed by atoms with E-state index in [9.17, 15) is 0 Å². The Morgan fingerprint density at radius 2 is 1.40 bits per heavy atom. The highest BCUT2D eigenvalue weighted by atomic mass is 16.5. The predicted molar refractivity (Wildman–Crippen MR) is 184 cm³/mol. The number of ether oxygens (including phenoxy) is 1. The van der Waals surface area contributed by atoms with E-state index in [0.29, 0.717) is 16.9 Å². The minimum atomic E-state index is 0.459. The highest BCUT2D eigenvalue weighted by Crippen LogP contribution is 2.67. The quantitative estimate of drug-likeness (QED) is 0.109. The van der Waals surface area contributed by atoms with Crippen molar-refractivity contribution < 1.29 is 4.74 Å². The Kier molecular flexibility index (Phi) is 13.9. The second kappa shape index (κ2) is 16.9. The van der Waals surface area contributed by atoms with Crippen molar-refractivity contribution in [1.82, 2.24) is 0 Å². The predicted octanol–water partition coefficient (Wildman–Crippen LogP) is 13.1. The molecule has 8 atom stereocenters. The fourth-order valence-electron chi connectivity index (χ4n) is 11.0. The van der Waals surface area contributed by atoms with E-state index in [1.807, 2.05) is 0 Å². The Morgan fingerprint density at radius 3 is 2.07 bits per heavy atom. The summed E-state index contributed by atoms with van der Waals surface area (Å²) in [5.74, 6) is 5.60. The van der Waals surface area contributed by atoms with Crippen LogP contribution in [0.1, 0.15) is 189 Å². The van der Waals surface area contributed by atoms with Gasteiger partial charge in [-0.05, 0) is 104 Å². The molecular formula is C41H74O. The number of rotatable bonds is 19. The van der Waals surface area contributed by atoms with Gasteiger partial charge in [-0.25, -0.2) is 0 Å². The molecule has 0 radical (unpaired) electrons. The first-order valence-corrected chi connectivity index (χ1v) is 19.6. The number of unbranched alkanes of at least 4 members (excludes halogenated alkanes) is 11. The maximum Gasteiger partial charge on any atom is 0.0612 e. The third-order valence-electron chi connectivity index (χ3n) is 13.6. The zero-order chi connectivity index (χ0) is 30.0. The van der Waals surface area contributed by atoms with Crippen molar-refractivity contribution in [3.8, 4) is 0 Å². The molecule has 0 unspecified atom stereocenters. The molecule has 0 bridgehead atoms. The average Bonchev–Trinajstić information content (AvgIpc) is 3.32. The van der Waals surface area contributed by atoms with E-state index in [-0.39, 0.29) is 0 Å². The van der Waals surface area contributed by atoms with Crippen LogP contribution in [0.15, 0.2) is 11.6 Å². The van der Waals surface area contributed by atoms with Crippen LogP contribution in [0.3, 0.4) is 0 Å². The number of hydrogen-bond acceptors (Lipinski definition) is 1. The molecule has 1 nitrogen and oxygen atoms in total. The zero-order valence-electron chi connectivity index (χ0n) is 29.5. The molecule has 0 spiro atoms. The van der Waals surface area contributed by atoms with Gasteiger partial charge in [0, 0.05) is 6.61 Å². The lowest BCUT2D eigenvalue weighted by Crippen LogP contribution is -2.51. The summed E-state index contributed by atoms with van der Waals surface area (Å²) in [6, 6.07) is 0. The Labute approximate surface area is 264 Å². The summed E-state index contributed by atoms with van der Waals surface area (Å²) in [5.41, 5.74) is 2.87. The topological polar surface area (TPSA) is 9.23 Å². The lowest BCUT2D eigenvalue weighted by atomic mass is 9.47. The number of allylic oxidation sites excluding steroid dienone is 1. The third-order valence-corrected chi connectivity index (χ3v) is 13.6. The molecule has 4 aliphatic carbocycles. The van der Waals surface area contributed by atoms with Gasteiger partial charge >= 0.3 is 0 Å². The van der Waals surface area contributed by atoms with E-state index in [1.54, 1.807) is 5.57 Å². The average molecular weight is 583 g/mol. The van der Waals surface area contributed by atoms with Crippen LogP contribution in [-0.2, 0) is 4.74 Å². The van der Waals surface area contributed by atoms with Crippen LogP contribution in [0.2, 0.25) is 0 Å². The van der Waals surface area contributed by atoms with Crippen molar-refractivity contribution in [2.45, 2.75) is 195 Å². The van der Waals surface area contributed by atoms with Crippen molar-refractivity contribution in [2.24, 2.45) is 46.3 Å². The van der Waals surface area contributed by atoms with E-state index in [0.717, 1.165) is 42.1 Å². The van der Waals surface area contributed by atoms with Gasteiger partial charge in [0.1, 0.15) is 0 Å². The molecule has 1 heteroatoms. The minimum absolute atomic E-state index is 0.459. The Morgan fingerprint density at radius 1 is 0.738 bits per heavy atom. The Hall–Kier alpha value is -0.300. The summed E-state index contributed by atoms with van der Waals surface area (Å²) in [7, 11) is 0. The summed E-state index contributed by atoms with van der Waals surface area (Å²) in [6.07, 6.45) is 35.9. The lowest BCUT2D eigenvalue weighted by Gasteiger charge is -2.58. The molecule has 3 fully saturated rings. The molecule has 0 aliphatic heterocycles. The van der Waals surface area contributed by atoms with Gasteiger partial charge in [0.05, 0.1) is 6.10 Å². The van der Waals surface area contributed by atoms with E-state index >= 15 is 0 Å². The maximum absolute atomic E-state index is 6.54. The van der Waals surface area contributed by atoms with Gasteiger partial charge in [0.2, 0.25) is 0 Å². The summed E-state index contributed by atoms with van der Waals surface area (Å²) >= 11 is 0. The molecule has 0 heterocycles. The van der Waals surface area contributed by atoms with Crippen molar-refractivity contribution >= 4 is 0 Å². The summed E-state index contributed by atoms with van der Waals surface area (Å²) < 4.78 is 6.54. The smallest absolute Gasteiger partial charge is 0.0612 e. The monoisotopic (exact) mass is 583 g/mol. The minimum Gasteiger partial charge on any atom is -0.378 e. The van der Waals surface area contributed by atoms with Gasteiger partial charge in [0.25, 0.3) is 0 Å². The molecule has 0 saturated heterocycles. The van der Waals surface area contributed by atoms with Crippen LogP contribution in [0.4, 0.5) is 0 Å². The van der Waals surface area contributed by atoms with Crippen LogP contribution in [-0.4, -0.2) is 12.7 Å². The summed E-state index contributed by atoms with van der Waals surface area (Å²) in [5, 5.41) is 0. The second-order valence-corrected chi connectivity index (χ2v) is 16.9. The molecule has 3 saturated carbocycles.